The Morgan fingerprint density at radius 2 is 1.96 bits per heavy atom. The van der Waals surface area contributed by atoms with Gasteiger partial charge in [-0.2, -0.15) is 0 Å². The van der Waals surface area contributed by atoms with E-state index in [2.05, 4.69) is 5.32 Å². The molecule has 7 heteroatoms. The molecule has 0 atom stereocenters. The first-order valence-corrected chi connectivity index (χ1v) is 7.04. The summed E-state index contributed by atoms with van der Waals surface area (Å²) in [5, 5.41) is 2.65. The Hall–Kier alpha value is -2.86. The number of barbiturate groups is 1. The van der Waals surface area contributed by atoms with Gasteiger partial charge in [0.05, 0.1) is 0 Å². The lowest BCUT2D eigenvalue weighted by molar-refractivity contribution is -0.129. The quantitative estimate of drug-likeness (QED) is 0.678. The Labute approximate surface area is 136 Å². The zero-order valence-corrected chi connectivity index (χ0v) is 12.8. The van der Waals surface area contributed by atoms with Gasteiger partial charge in [-0.15, -0.1) is 0 Å². The summed E-state index contributed by atoms with van der Waals surface area (Å²) in [5.74, 6) is -0.563. The molecule has 6 nitrogen and oxygen atoms in total. The van der Waals surface area contributed by atoms with Gasteiger partial charge in [0.2, 0.25) is 0 Å². The van der Waals surface area contributed by atoms with E-state index in [1.807, 2.05) is 6.07 Å². The molecule has 2 aromatic rings. The SMILES string of the molecule is CN1C(=O)NC(=O)C(=Cc2ccc(-c3cccc(Cl)c3)o2)C1=O. The van der Waals surface area contributed by atoms with Gasteiger partial charge in [-0.25, -0.2) is 4.79 Å². The van der Waals surface area contributed by atoms with Crippen molar-refractivity contribution in [3.05, 3.63) is 52.8 Å². The second-order valence-electron chi connectivity index (χ2n) is 4.89. The lowest BCUT2D eigenvalue weighted by atomic mass is 10.1. The molecule has 3 rings (SSSR count). The van der Waals surface area contributed by atoms with Gasteiger partial charge in [-0.3, -0.25) is 19.8 Å². The fourth-order valence-corrected chi connectivity index (χ4v) is 2.31. The summed E-state index contributed by atoms with van der Waals surface area (Å²) in [7, 11) is 1.29. The Morgan fingerprint density at radius 3 is 2.70 bits per heavy atom. The lowest BCUT2D eigenvalue weighted by Crippen LogP contribution is -2.52. The number of benzene rings is 1. The topological polar surface area (TPSA) is 79.6 Å². The molecule has 0 unspecified atom stereocenters. The number of carbonyl (C=O) groups is 3. The summed E-state index contributed by atoms with van der Waals surface area (Å²) >= 11 is 5.94. The Balaban J connectivity index is 1.93. The number of rotatable bonds is 2. The summed E-state index contributed by atoms with van der Waals surface area (Å²) < 4.78 is 5.62. The van der Waals surface area contributed by atoms with E-state index in [0.717, 1.165) is 10.5 Å². The minimum absolute atomic E-state index is 0.168. The van der Waals surface area contributed by atoms with E-state index < -0.39 is 17.8 Å². The lowest BCUT2D eigenvalue weighted by Gasteiger charge is -2.21. The van der Waals surface area contributed by atoms with E-state index in [0.29, 0.717) is 16.5 Å². The summed E-state index contributed by atoms with van der Waals surface area (Å²) in [5.41, 5.74) is 0.605. The smallest absolute Gasteiger partial charge is 0.331 e. The molecule has 1 aliphatic rings. The predicted molar refractivity (Wildman–Crippen MR) is 83.4 cm³/mol. The van der Waals surface area contributed by atoms with E-state index in [4.69, 9.17) is 16.0 Å². The van der Waals surface area contributed by atoms with Crippen LogP contribution in [0, 0.1) is 0 Å². The average molecular weight is 331 g/mol. The number of urea groups is 1. The molecule has 1 saturated heterocycles. The van der Waals surface area contributed by atoms with E-state index in [9.17, 15) is 14.4 Å². The van der Waals surface area contributed by atoms with Crippen LogP contribution in [0.1, 0.15) is 5.76 Å². The molecule has 4 amide bonds. The van der Waals surface area contributed by atoms with Crippen LogP contribution in [0.5, 0.6) is 0 Å². The van der Waals surface area contributed by atoms with Crippen molar-refractivity contribution >= 4 is 35.5 Å². The van der Waals surface area contributed by atoms with Gasteiger partial charge in [-0.05, 0) is 30.3 Å². The number of amides is 4. The third-order valence-corrected chi connectivity index (χ3v) is 3.56. The molecule has 0 aliphatic carbocycles. The first-order valence-electron chi connectivity index (χ1n) is 6.66. The van der Waals surface area contributed by atoms with Crippen LogP contribution < -0.4 is 5.32 Å². The predicted octanol–water partition coefficient (Wildman–Crippen LogP) is 2.69. The number of nitrogens with zero attached hydrogens (tertiary/aromatic N) is 1. The van der Waals surface area contributed by atoms with Gasteiger partial charge >= 0.3 is 6.03 Å². The first-order chi connectivity index (χ1) is 11.0. The number of furan rings is 1. The van der Waals surface area contributed by atoms with Crippen LogP contribution in [0.2, 0.25) is 5.02 Å². The summed E-state index contributed by atoms with van der Waals surface area (Å²) in [6, 6.07) is 9.68. The molecular weight excluding hydrogens is 320 g/mol. The summed E-state index contributed by atoms with van der Waals surface area (Å²) in [6.07, 6.45) is 1.30. The molecule has 1 fully saturated rings. The van der Waals surface area contributed by atoms with Crippen molar-refractivity contribution in [2.75, 3.05) is 7.05 Å². The standard InChI is InChI=1S/C16H11ClN2O4/c1-19-15(21)12(14(20)18-16(19)22)8-11-5-6-13(23-11)9-3-2-4-10(17)7-9/h2-8H,1H3,(H,18,20,22). The van der Waals surface area contributed by atoms with E-state index >= 15 is 0 Å². The number of hydrogen-bond donors (Lipinski definition) is 1. The third kappa shape index (κ3) is 2.89. The maximum atomic E-state index is 12.0. The van der Waals surface area contributed by atoms with Crippen molar-refractivity contribution in [3.8, 4) is 11.3 Å². The maximum Gasteiger partial charge on any atom is 0.331 e. The molecule has 1 N–H and O–H groups in total. The van der Waals surface area contributed by atoms with E-state index in [1.165, 1.54) is 13.1 Å². The average Bonchev–Trinajstić information content (AvgIpc) is 2.98. The largest absolute Gasteiger partial charge is 0.457 e. The molecule has 0 radical (unpaired) electrons. The number of imide groups is 2. The van der Waals surface area contributed by atoms with Gasteiger partial charge in [-0.1, -0.05) is 23.7 Å². The van der Waals surface area contributed by atoms with Gasteiger partial charge in [0.1, 0.15) is 17.1 Å². The van der Waals surface area contributed by atoms with Crippen LogP contribution in [-0.2, 0) is 9.59 Å². The minimum Gasteiger partial charge on any atom is -0.457 e. The van der Waals surface area contributed by atoms with Crippen molar-refractivity contribution < 1.29 is 18.8 Å². The van der Waals surface area contributed by atoms with Gasteiger partial charge in [0.15, 0.2) is 0 Å². The maximum absolute atomic E-state index is 12.0. The van der Waals surface area contributed by atoms with E-state index in [1.54, 1.807) is 30.3 Å². The van der Waals surface area contributed by atoms with Crippen LogP contribution in [0.4, 0.5) is 4.79 Å². The molecule has 0 bridgehead atoms. The third-order valence-electron chi connectivity index (χ3n) is 3.33. The Morgan fingerprint density at radius 1 is 1.17 bits per heavy atom. The van der Waals surface area contributed by atoms with Crippen LogP contribution in [0.15, 0.2) is 46.4 Å². The Bertz CT molecular complexity index is 853. The first kappa shape index (κ1) is 15.1. The fourth-order valence-electron chi connectivity index (χ4n) is 2.12. The highest BCUT2D eigenvalue weighted by molar-refractivity contribution is 6.31. The molecule has 1 aliphatic heterocycles. The molecule has 1 aromatic carbocycles. The summed E-state index contributed by atoms with van der Waals surface area (Å²) in [6.45, 7) is 0. The monoisotopic (exact) mass is 330 g/mol. The second-order valence-corrected chi connectivity index (χ2v) is 5.33. The molecule has 0 saturated carbocycles. The van der Waals surface area contributed by atoms with Gasteiger partial charge in [0, 0.05) is 17.6 Å². The number of carbonyl (C=O) groups excluding carboxylic acids is 3. The highest BCUT2D eigenvalue weighted by Crippen LogP contribution is 2.26. The number of hydrogen-bond acceptors (Lipinski definition) is 4. The fraction of sp³-hybridized carbons (Fsp3) is 0.0625. The molecule has 2 heterocycles. The highest BCUT2D eigenvalue weighted by Gasteiger charge is 2.33. The van der Waals surface area contributed by atoms with Crippen molar-refractivity contribution in [3.63, 3.8) is 0 Å². The van der Waals surface area contributed by atoms with Crippen molar-refractivity contribution in [1.29, 1.82) is 0 Å². The molecule has 0 spiro atoms. The van der Waals surface area contributed by atoms with Gasteiger partial charge in [0.25, 0.3) is 11.8 Å². The van der Waals surface area contributed by atoms with Crippen molar-refractivity contribution in [2.24, 2.45) is 0 Å². The van der Waals surface area contributed by atoms with E-state index in [-0.39, 0.29) is 5.57 Å². The molecule has 1 aromatic heterocycles. The summed E-state index contributed by atoms with van der Waals surface area (Å²) in [4.78, 5) is 35.9. The minimum atomic E-state index is -0.754. The highest BCUT2D eigenvalue weighted by atomic mass is 35.5. The normalized spacial score (nSPS) is 16.9. The van der Waals surface area contributed by atoms with Crippen LogP contribution in [0.25, 0.3) is 17.4 Å². The molecule has 116 valence electrons. The Kier molecular flexibility index (Phi) is 3.75. The van der Waals surface area contributed by atoms with Crippen LogP contribution >= 0.6 is 11.6 Å². The number of likely N-dealkylation sites (N-methyl/N-ethyl adjacent to an activating group) is 1. The second kappa shape index (κ2) is 5.73. The molecular formula is C16H11ClN2O4. The van der Waals surface area contributed by atoms with Crippen molar-refractivity contribution in [1.82, 2.24) is 10.2 Å². The van der Waals surface area contributed by atoms with Crippen molar-refractivity contribution in [2.45, 2.75) is 0 Å². The van der Waals surface area contributed by atoms with Gasteiger partial charge < -0.3 is 4.42 Å². The zero-order valence-electron chi connectivity index (χ0n) is 12.0. The number of halogens is 1. The molecule has 23 heavy (non-hydrogen) atoms. The number of nitrogens with one attached hydrogen (secondary N) is 1. The zero-order chi connectivity index (χ0) is 16.6. The van der Waals surface area contributed by atoms with Crippen LogP contribution in [0.3, 0.4) is 0 Å². The van der Waals surface area contributed by atoms with Crippen LogP contribution in [-0.4, -0.2) is 29.8 Å².